The van der Waals surface area contributed by atoms with E-state index >= 15 is 0 Å². The number of para-hydroxylation sites is 1. The van der Waals surface area contributed by atoms with Gasteiger partial charge in [0.15, 0.2) is 5.58 Å². The first kappa shape index (κ1) is 19.4. The second-order valence-corrected chi connectivity index (χ2v) is 6.77. The molecule has 0 fully saturated rings. The van der Waals surface area contributed by atoms with E-state index in [1.54, 1.807) is 0 Å². The van der Waals surface area contributed by atoms with Crippen LogP contribution in [0.15, 0.2) is 59.1 Å². The molecule has 3 N–H and O–H groups in total. The number of fused-ring (bicyclic) bond motifs is 1. The van der Waals surface area contributed by atoms with E-state index in [1.807, 2.05) is 68.4 Å². The molecule has 1 amide bonds. The van der Waals surface area contributed by atoms with Gasteiger partial charge in [0.2, 0.25) is 5.91 Å². The van der Waals surface area contributed by atoms with Gasteiger partial charge in [0.05, 0.1) is 6.42 Å². The van der Waals surface area contributed by atoms with Crippen LogP contribution in [-0.4, -0.2) is 27.6 Å². The zero-order valence-electron chi connectivity index (χ0n) is 16.8. The smallest absolute Gasteiger partial charge is 0.230 e. The fraction of sp³-hybridized carbons (Fsp3) is 0.182. The van der Waals surface area contributed by atoms with Gasteiger partial charge in [-0.15, -0.1) is 0 Å². The number of nitrogens with zero attached hydrogens (tertiary/aromatic N) is 3. The lowest BCUT2D eigenvalue weighted by atomic mass is 10.1. The summed E-state index contributed by atoms with van der Waals surface area (Å²) in [5.74, 6) is 2.00. The Kier molecular flexibility index (Phi) is 5.56. The Morgan fingerprint density at radius 3 is 2.53 bits per heavy atom. The Balaban J connectivity index is 1.39. The second-order valence-electron chi connectivity index (χ2n) is 6.77. The Bertz CT molecular complexity index is 1170. The number of anilines is 4. The molecular weight excluding hydrogens is 380 g/mol. The van der Waals surface area contributed by atoms with E-state index in [2.05, 4.69) is 31.1 Å². The molecule has 0 unspecified atom stereocenters. The summed E-state index contributed by atoms with van der Waals surface area (Å²) in [6.45, 7) is 4.65. The van der Waals surface area contributed by atoms with Crippen molar-refractivity contribution in [3.8, 4) is 0 Å². The van der Waals surface area contributed by atoms with Gasteiger partial charge in [-0.05, 0) is 50.2 Å². The van der Waals surface area contributed by atoms with Crippen LogP contribution in [0.2, 0.25) is 0 Å². The quantitative estimate of drug-likeness (QED) is 0.424. The number of benzene rings is 2. The lowest BCUT2D eigenvalue weighted by molar-refractivity contribution is -0.115. The summed E-state index contributed by atoms with van der Waals surface area (Å²) in [5, 5.41) is 14.2. The van der Waals surface area contributed by atoms with Crippen LogP contribution in [0.25, 0.3) is 11.0 Å². The summed E-state index contributed by atoms with van der Waals surface area (Å²) in [7, 11) is 0. The predicted molar refractivity (Wildman–Crippen MR) is 117 cm³/mol. The number of hydrogen-bond acceptors (Lipinski definition) is 7. The highest BCUT2D eigenvalue weighted by Crippen LogP contribution is 2.21. The van der Waals surface area contributed by atoms with Crippen LogP contribution >= 0.6 is 0 Å². The van der Waals surface area contributed by atoms with Gasteiger partial charge in [-0.2, -0.15) is 0 Å². The van der Waals surface area contributed by atoms with Gasteiger partial charge in [0, 0.05) is 29.4 Å². The predicted octanol–water partition coefficient (Wildman–Crippen LogP) is 4.28. The van der Waals surface area contributed by atoms with Crippen LogP contribution in [-0.2, 0) is 11.2 Å². The molecule has 152 valence electrons. The maximum atomic E-state index is 12.4. The number of amides is 1. The number of aryl methyl sites for hydroxylation is 1. The number of nitrogens with one attached hydrogen (secondary N) is 3. The van der Waals surface area contributed by atoms with Crippen molar-refractivity contribution in [2.75, 3.05) is 22.5 Å². The molecule has 0 bridgehead atoms. The topological polar surface area (TPSA) is 105 Å². The molecule has 0 atom stereocenters. The summed E-state index contributed by atoms with van der Waals surface area (Å²) in [6.07, 6.45) is 0.143. The Morgan fingerprint density at radius 1 is 1.00 bits per heavy atom. The molecule has 0 radical (unpaired) electrons. The van der Waals surface area contributed by atoms with Crippen molar-refractivity contribution in [3.63, 3.8) is 0 Å². The SMILES string of the molecule is CCNc1cc(Nc2ccc(NC(=O)Cc3noc4ccccc34)cc2)nc(C)n1. The van der Waals surface area contributed by atoms with Crippen LogP contribution in [0, 0.1) is 6.92 Å². The molecule has 0 spiro atoms. The van der Waals surface area contributed by atoms with Gasteiger partial charge >= 0.3 is 0 Å². The molecule has 2 aromatic carbocycles. The highest BCUT2D eigenvalue weighted by Gasteiger charge is 2.12. The van der Waals surface area contributed by atoms with Gasteiger partial charge in [0.25, 0.3) is 0 Å². The van der Waals surface area contributed by atoms with E-state index < -0.39 is 0 Å². The Hall–Kier alpha value is -3.94. The fourth-order valence-electron chi connectivity index (χ4n) is 3.11. The third kappa shape index (κ3) is 4.54. The molecule has 4 aromatic rings. The van der Waals surface area contributed by atoms with Crippen molar-refractivity contribution in [3.05, 3.63) is 66.1 Å². The third-order valence-corrected chi connectivity index (χ3v) is 4.42. The van der Waals surface area contributed by atoms with Crippen LogP contribution in [0.3, 0.4) is 0 Å². The van der Waals surface area contributed by atoms with Crippen molar-refractivity contribution >= 4 is 39.9 Å². The van der Waals surface area contributed by atoms with Crippen LogP contribution in [0.1, 0.15) is 18.4 Å². The first-order valence-electron chi connectivity index (χ1n) is 9.70. The molecule has 8 nitrogen and oxygen atoms in total. The molecule has 0 saturated carbocycles. The van der Waals surface area contributed by atoms with E-state index in [0.717, 1.165) is 23.4 Å². The summed E-state index contributed by atoms with van der Waals surface area (Å²) >= 11 is 0. The molecule has 0 aliphatic heterocycles. The molecule has 4 rings (SSSR count). The first-order chi connectivity index (χ1) is 14.6. The Morgan fingerprint density at radius 2 is 1.73 bits per heavy atom. The van der Waals surface area contributed by atoms with Gasteiger partial charge in [-0.25, -0.2) is 9.97 Å². The van der Waals surface area contributed by atoms with Gasteiger partial charge in [-0.3, -0.25) is 4.79 Å². The van der Waals surface area contributed by atoms with Crippen LogP contribution in [0.4, 0.5) is 23.0 Å². The highest BCUT2D eigenvalue weighted by atomic mass is 16.5. The average molecular weight is 402 g/mol. The summed E-state index contributed by atoms with van der Waals surface area (Å²) < 4.78 is 5.25. The lowest BCUT2D eigenvalue weighted by Crippen LogP contribution is -2.14. The number of carbonyl (C=O) groups excluding carboxylic acids is 1. The molecule has 0 aliphatic rings. The van der Waals surface area contributed by atoms with Gasteiger partial charge < -0.3 is 20.5 Å². The van der Waals surface area contributed by atoms with Crippen molar-refractivity contribution in [2.45, 2.75) is 20.3 Å². The number of rotatable bonds is 7. The van der Waals surface area contributed by atoms with Crippen LogP contribution in [0.5, 0.6) is 0 Å². The summed E-state index contributed by atoms with van der Waals surface area (Å²) in [5.41, 5.74) is 2.85. The highest BCUT2D eigenvalue weighted by molar-refractivity contribution is 5.94. The maximum Gasteiger partial charge on any atom is 0.230 e. The average Bonchev–Trinajstić information content (AvgIpc) is 3.12. The van der Waals surface area contributed by atoms with Gasteiger partial charge in [0.1, 0.15) is 23.2 Å². The van der Waals surface area contributed by atoms with E-state index in [1.165, 1.54) is 0 Å². The van der Waals surface area contributed by atoms with E-state index in [-0.39, 0.29) is 12.3 Å². The molecular formula is C22H22N6O2. The zero-order valence-corrected chi connectivity index (χ0v) is 16.8. The normalized spacial score (nSPS) is 10.7. The zero-order chi connectivity index (χ0) is 20.9. The third-order valence-electron chi connectivity index (χ3n) is 4.42. The van der Waals surface area contributed by atoms with E-state index in [0.29, 0.717) is 28.6 Å². The van der Waals surface area contributed by atoms with Crippen LogP contribution < -0.4 is 16.0 Å². The largest absolute Gasteiger partial charge is 0.370 e. The summed E-state index contributed by atoms with van der Waals surface area (Å²) in [4.78, 5) is 21.1. The Labute approximate surface area is 173 Å². The number of hydrogen-bond donors (Lipinski definition) is 3. The van der Waals surface area contributed by atoms with Gasteiger partial charge in [-0.1, -0.05) is 17.3 Å². The molecule has 30 heavy (non-hydrogen) atoms. The van der Waals surface area contributed by atoms with Crippen molar-refractivity contribution < 1.29 is 9.32 Å². The maximum absolute atomic E-state index is 12.4. The van der Waals surface area contributed by atoms with E-state index in [9.17, 15) is 4.79 Å². The minimum absolute atomic E-state index is 0.143. The minimum atomic E-state index is -0.156. The van der Waals surface area contributed by atoms with E-state index in [4.69, 9.17) is 4.52 Å². The summed E-state index contributed by atoms with van der Waals surface area (Å²) in [6, 6.07) is 16.8. The molecule has 0 aliphatic carbocycles. The van der Waals surface area contributed by atoms with Crippen molar-refractivity contribution in [2.24, 2.45) is 0 Å². The lowest BCUT2D eigenvalue weighted by Gasteiger charge is -2.10. The first-order valence-corrected chi connectivity index (χ1v) is 9.70. The fourth-order valence-corrected chi connectivity index (χ4v) is 3.11. The number of aromatic nitrogens is 3. The number of carbonyl (C=O) groups is 1. The standard InChI is InChI=1S/C22H22N6O2/c1-3-23-20-13-21(25-14(2)24-20)26-15-8-10-16(11-9-15)27-22(29)12-18-17-6-4-5-7-19(17)30-28-18/h4-11,13H,3,12H2,1-2H3,(H,27,29)(H2,23,24,25,26). The molecule has 8 heteroatoms. The van der Waals surface area contributed by atoms with Crippen molar-refractivity contribution in [1.29, 1.82) is 0 Å². The van der Waals surface area contributed by atoms with Crippen molar-refractivity contribution in [1.82, 2.24) is 15.1 Å². The molecule has 2 heterocycles. The minimum Gasteiger partial charge on any atom is -0.370 e. The molecule has 2 aromatic heterocycles. The second kappa shape index (κ2) is 8.60. The monoisotopic (exact) mass is 402 g/mol. The molecule has 0 saturated heterocycles.